The van der Waals surface area contributed by atoms with Gasteiger partial charge < -0.3 is 15.6 Å². The van der Waals surface area contributed by atoms with Crippen LogP contribution in [-0.4, -0.2) is 11.7 Å². The first-order valence-electron chi connectivity index (χ1n) is 6.62. The molecule has 0 saturated heterocycles. The van der Waals surface area contributed by atoms with Crippen molar-refractivity contribution in [3.05, 3.63) is 63.7 Å². The zero-order valence-electron chi connectivity index (χ0n) is 11.0. The third-order valence-corrected chi connectivity index (χ3v) is 3.94. The summed E-state index contributed by atoms with van der Waals surface area (Å²) >= 11 is 6.23. The molecule has 0 aliphatic carbocycles. The predicted octanol–water partition coefficient (Wildman–Crippen LogP) is 2.82. The van der Waals surface area contributed by atoms with Gasteiger partial charge in [-0.15, -0.1) is 0 Å². The van der Waals surface area contributed by atoms with Crippen molar-refractivity contribution in [2.24, 2.45) is 5.73 Å². The number of aliphatic hydroxyl groups excluding tert-OH is 1. The molecule has 0 bridgehead atoms. The first-order valence-corrected chi connectivity index (χ1v) is 7.00. The number of hydrogen-bond donors (Lipinski definition) is 2. The normalized spacial score (nSPS) is 16.9. The molecule has 0 amide bonds. The van der Waals surface area contributed by atoms with Gasteiger partial charge in [-0.1, -0.05) is 41.9 Å². The molecule has 3 rings (SSSR count). The summed E-state index contributed by atoms with van der Waals surface area (Å²) in [5.41, 5.74) is 9.23. The Balaban J connectivity index is 2.20. The topological polar surface area (TPSA) is 55.5 Å². The van der Waals surface area contributed by atoms with Crippen LogP contribution in [0, 0.1) is 0 Å². The lowest BCUT2D eigenvalue weighted by atomic mass is 9.93. The molecular formula is C16H16ClNO2. The van der Waals surface area contributed by atoms with E-state index in [9.17, 15) is 5.11 Å². The first-order chi connectivity index (χ1) is 9.72. The molecule has 104 valence electrons. The van der Waals surface area contributed by atoms with Crippen molar-refractivity contribution in [1.29, 1.82) is 0 Å². The number of hydrogen-bond acceptors (Lipinski definition) is 3. The Morgan fingerprint density at radius 1 is 1.25 bits per heavy atom. The third kappa shape index (κ3) is 2.18. The van der Waals surface area contributed by atoms with Crippen LogP contribution in [0.2, 0.25) is 5.02 Å². The molecule has 0 aromatic heterocycles. The summed E-state index contributed by atoms with van der Waals surface area (Å²) in [6.07, 6.45) is -0.0498. The Hall–Kier alpha value is -1.55. The van der Waals surface area contributed by atoms with E-state index < -0.39 is 6.10 Å². The Kier molecular flexibility index (Phi) is 3.66. The van der Waals surface area contributed by atoms with Gasteiger partial charge in [0, 0.05) is 5.56 Å². The smallest absolute Gasteiger partial charge is 0.144 e. The fourth-order valence-electron chi connectivity index (χ4n) is 2.67. The first kappa shape index (κ1) is 13.4. The summed E-state index contributed by atoms with van der Waals surface area (Å²) in [6, 6.07) is 11.4. The number of aliphatic hydroxyl groups is 1. The van der Waals surface area contributed by atoms with Crippen molar-refractivity contribution < 1.29 is 9.84 Å². The average molecular weight is 290 g/mol. The molecule has 1 aliphatic rings. The van der Waals surface area contributed by atoms with Crippen LogP contribution in [0.25, 0.3) is 0 Å². The number of fused-ring (bicyclic) bond motifs is 2. The molecule has 1 heterocycles. The van der Waals surface area contributed by atoms with Crippen molar-refractivity contribution in [3.8, 4) is 5.75 Å². The van der Waals surface area contributed by atoms with Gasteiger partial charge in [0.05, 0.1) is 5.02 Å². The van der Waals surface area contributed by atoms with E-state index >= 15 is 0 Å². The highest BCUT2D eigenvalue weighted by atomic mass is 35.5. The molecule has 3 N–H and O–H groups in total. The number of ether oxygens (including phenoxy) is 1. The van der Waals surface area contributed by atoms with Crippen molar-refractivity contribution in [3.63, 3.8) is 0 Å². The predicted molar refractivity (Wildman–Crippen MR) is 79.0 cm³/mol. The van der Waals surface area contributed by atoms with Crippen LogP contribution in [0.15, 0.2) is 36.4 Å². The second-order valence-corrected chi connectivity index (χ2v) is 5.29. The van der Waals surface area contributed by atoms with Crippen LogP contribution in [0.5, 0.6) is 5.75 Å². The number of benzene rings is 2. The van der Waals surface area contributed by atoms with E-state index in [0.717, 1.165) is 22.3 Å². The van der Waals surface area contributed by atoms with E-state index in [1.165, 1.54) is 0 Å². The summed E-state index contributed by atoms with van der Waals surface area (Å²) in [7, 11) is 0. The second kappa shape index (κ2) is 5.44. The minimum atomic E-state index is -0.732. The maximum absolute atomic E-state index is 10.7. The Bertz CT molecular complexity index is 642. The fourth-order valence-corrected chi connectivity index (χ4v) is 2.89. The average Bonchev–Trinajstić information content (AvgIpc) is 2.61. The van der Waals surface area contributed by atoms with E-state index in [0.29, 0.717) is 30.3 Å². The lowest BCUT2D eigenvalue weighted by molar-refractivity contribution is 0.217. The minimum Gasteiger partial charge on any atom is -0.487 e. The molecular weight excluding hydrogens is 274 g/mol. The van der Waals surface area contributed by atoms with E-state index in [4.69, 9.17) is 22.1 Å². The van der Waals surface area contributed by atoms with Gasteiger partial charge in [-0.05, 0) is 35.7 Å². The van der Waals surface area contributed by atoms with E-state index in [2.05, 4.69) is 0 Å². The number of halogens is 1. The highest BCUT2D eigenvalue weighted by molar-refractivity contribution is 6.32. The van der Waals surface area contributed by atoms with Crippen LogP contribution in [0.4, 0.5) is 0 Å². The monoisotopic (exact) mass is 289 g/mol. The summed E-state index contributed by atoms with van der Waals surface area (Å²) in [5.74, 6) is 0.571. The molecule has 1 atom stereocenters. The van der Waals surface area contributed by atoms with Crippen LogP contribution >= 0.6 is 11.6 Å². The van der Waals surface area contributed by atoms with Crippen molar-refractivity contribution in [2.45, 2.75) is 19.1 Å². The van der Waals surface area contributed by atoms with Crippen molar-refractivity contribution in [1.82, 2.24) is 0 Å². The molecule has 0 spiro atoms. The molecule has 4 heteroatoms. The zero-order chi connectivity index (χ0) is 14.1. The quantitative estimate of drug-likeness (QED) is 0.894. The number of nitrogens with two attached hydrogens (primary N) is 1. The molecule has 3 nitrogen and oxygen atoms in total. The van der Waals surface area contributed by atoms with Gasteiger partial charge in [-0.25, -0.2) is 0 Å². The molecule has 0 fully saturated rings. The van der Waals surface area contributed by atoms with Crippen molar-refractivity contribution >= 4 is 11.6 Å². The largest absolute Gasteiger partial charge is 0.487 e. The maximum Gasteiger partial charge on any atom is 0.144 e. The molecule has 1 unspecified atom stereocenters. The van der Waals surface area contributed by atoms with Gasteiger partial charge in [0.25, 0.3) is 0 Å². The zero-order valence-corrected chi connectivity index (χ0v) is 11.7. The molecule has 0 saturated carbocycles. The maximum atomic E-state index is 10.7. The SMILES string of the molecule is NCCc1ccc(Cl)c2c1C(O)c1ccccc1CO2. The van der Waals surface area contributed by atoms with Crippen LogP contribution in [0.3, 0.4) is 0 Å². The van der Waals surface area contributed by atoms with Crippen molar-refractivity contribution in [2.75, 3.05) is 6.54 Å². The van der Waals surface area contributed by atoms with E-state index in [1.807, 2.05) is 30.3 Å². The molecule has 20 heavy (non-hydrogen) atoms. The minimum absolute atomic E-state index is 0.409. The van der Waals surface area contributed by atoms with E-state index in [-0.39, 0.29) is 0 Å². The van der Waals surface area contributed by atoms with Gasteiger partial charge in [0.1, 0.15) is 18.5 Å². The van der Waals surface area contributed by atoms with Crippen LogP contribution in [-0.2, 0) is 13.0 Å². The number of rotatable bonds is 2. The summed E-state index contributed by atoms with van der Waals surface area (Å²) < 4.78 is 5.83. The summed E-state index contributed by atoms with van der Waals surface area (Å²) in [4.78, 5) is 0. The third-order valence-electron chi connectivity index (χ3n) is 3.65. The lowest BCUT2D eigenvalue weighted by Crippen LogP contribution is -2.09. The molecule has 0 radical (unpaired) electrons. The highest BCUT2D eigenvalue weighted by Crippen LogP contribution is 2.42. The Morgan fingerprint density at radius 3 is 2.85 bits per heavy atom. The standard InChI is InChI=1S/C16H16ClNO2/c17-13-6-5-10(7-8-18)14-15(19)12-4-2-1-3-11(12)9-20-16(13)14/h1-6,15,19H,7-9,18H2. The van der Waals surface area contributed by atoms with Gasteiger partial charge in [-0.3, -0.25) is 0 Å². The highest BCUT2D eigenvalue weighted by Gasteiger charge is 2.26. The van der Waals surface area contributed by atoms with Crippen LogP contribution in [0.1, 0.15) is 28.4 Å². The van der Waals surface area contributed by atoms with Gasteiger partial charge >= 0.3 is 0 Å². The van der Waals surface area contributed by atoms with Gasteiger partial charge in [0.2, 0.25) is 0 Å². The van der Waals surface area contributed by atoms with Gasteiger partial charge in [0.15, 0.2) is 0 Å². The summed E-state index contributed by atoms with van der Waals surface area (Å²) in [5, 5.41) is 11.3. The Labute approximate surface area is 122 Å². The van der Waals surface area contributed by atoms with Crippen LogP contribution < -0.4 is 10.5 Å². The molecule has 2 aromatic rings. The molecule has 2 aromatic carbocycles. The Morgan fingerprint density at radius 2 is 2.05 bits per heavy atom. The summed E-state index contributed by atoms with van der Waals surface area (Å²) in [6.45, 7) is 0.925. The fraction of sp³-hybridized carbons (Fsp3) is 0.250. The van der Waals surface area contributed by atoms with E-state index in [1.54, 1.807) is 6.07 Å². The lowest BCUT2D eigenvalue weighted by Gasteiger charge is -2.18. The molecule has 1 aliphatic heterocycles. The second-order valence-electron chi connectivity index (χ2n) is 4.88. The van der Waals surface area contributed by atoms with Gasteiger partial charge in [-0.2, -0.15) is 0 Å².